The van der Waals surface area contributed by atoms with Crippen LogP contribution in [-0.2, 0) is 0 Å². The van der Waals surface area contributed by atoms with Gasteiger partial charge in [-0.1, -0.05) is 182 Å². The van der Waals surface area contributed by atoms with Crippen LogP contribution >= 0.6 is 0 Å². The van der Waals surface area contributed by atoms with Crippen LogP contribution in [0, 0.1) is 0 Å². The number of rotatable bonds is 6. The van der Waals surface area contributed by atoms with Crippen LogP contribution in [-0.4, -0.2) is 23.0 Å². The summed E-state index contributed by atoms with van der Waals surface area (Å²) in [6, 6.07) is 73.0. The van der Waals surface area contributed by atoms with Crippen molar-refractivity contribution in [2.24, 2.45) is 9.98 Å². The lowest BCUT2D eigenvalue weighted by Crippen LogP contribution is -2.20. The number of nitrogens with zero attached hydrogens (tertiary/aromatic N) is 2. The molecule has 6 nitrogen and oxygen atoms in total. The van der Waals surface area contributed by atoms with Crippen LogP contribution in [0.25, 0.3) is 70.3 Å². The highest BCUT2D eigenvalue weighted by Crippen LogP contribution is 2.41. The molecular weight excluding hydrogens is 881 g/mol. The van der Waals surface area contributed by atoms with Gasteiger partial charge in [0.15, 0.2) is 11.6 Å². The minimum Gasteiger partial charge on any atom is -0.357 e. The molecule has 1 heterocycles. The molecule has 0 aromatic heterocycles. The first-order valence-corrected chi connectivity index (χ1v) is 24.2. The van der Waals surface area contributed by atoms with Gasteiger partial charge in [0, 0.05) is 22.4 Å². The van der Waals surface area contributed by atoms with E-state index in [9.17, 15) is 0 Å². The maximum absolute atomic E-state index is 16.0. The van der Waals surface area contributed by atoms with Gasteiger partial charge in [0.2, 0.25) is 0 Å². The molecule has 12 aromatic rings. The van der Waals surface area contributed by atoms with E-state index in [0.29, 0.717) is 67.8 Å². The number of allylic oxidation sites excluding steroid dienone is 3. The van der Waals surface area contributed by atoms with Crippen molar-refractivity contribution in [3.05, 3.63) is 257 Å². The van der Waals surface area contributed by atoms with Crippen molar-refractivity contribution in [1.82, 2.24) is 0 Å². The van der Waals surface area contributed by atoms with E-state index in [1.54, 1.807) is 0 Å². The number of anilines is 2. The minimum absolute atomic E-state index is 0.179. The fourth-order valence-corrected chi connectivity index (χ4v) is 10.9. The Kier molecular flexibility index (Phi) is 10.1. The largest absolute Gasteiger partial charge is 0.357 e. The second kappa shape index (κ2) is 17.2. The van der Waals surface area contributed by atoms with Crippen molar-refractivity contribution >= 4 is 116 Å². The van der Waals surface area contributed by atoms with E-state index in [0.717, 1.165) is 75.8 Å². The summed E-state index contributed by atoms with van der Waals surface area (Å²) in [7, 11) is 0. The van der Waals surface area contributed by atoms with E-state index in [1.165, 1.54) is 0 Å². The van der Waals surface area contributed by atoms with Gasteiger partial charge in [-0.2, -0.15) is 0 Å². The Balaban J connectivity index is 1.07. The highest BCUT2D eigenvalue weighted by molar-refractivity contribution is 6.39. The maximum Gasteiger partial charge on any atom is 0.197 e. The second-order valence-corrected chi connectivity index (χ2v) is 18.5. The van der Waals surface area contributed by atoms with E-state index >= 15 is 9.59 Å². The van der Waals surface area contributed by atoms with Gasteiger partial charge in [-0.3, -0.25) is 14.6 Å². The van der Waals surface area contributed by atoms with Crippen molar-refractivity contribution in [2.75, 3.05) is 10.6 Å². The fraction of sp³-hybridized carbons (Fsp3) is 0.0303. The zero-order valence-electron chi connectivity index (χ0n) is 39.5. The zero-order chi connectivity index (χ0) is 48.5. The monoisotopic (exact) mass is 924 g/mol. The number of Topliss-reactive ketones (excluding diaryl/α,β-unsaturated/α-hetero) is 2. The van der Waals surface area contributed by atoms with E-state index in [1.807, 2.05) is 135 Å². The van der Waals surface area contributed by atoms with E-state index < -0.39 is 0 Å². The molecule has 1 aliphatic rings. The molecule has 0 spiro atoms. The average Bonchev–Trinajstić information content (AvgIpc) is 3.42. The highest BCUT2D eigenvalue weighted by atomic mass is 16.1. The van der Waals surface area contributed by atoms with Crippen molar-refractivity contribution in [3.8, 4) is 0 Å². The molecule has 0 atom stereocenters. The van der Waals surface area contributed by atoms with Crippen LogP contribution in [0.5, 0.6) is 0 Å². The van der Waals surface area contributed by atoms with Crippen molar-refractivity contribution in [3.63, 3.8) is 0 Å². The number of fused-ring (bicyclic) bond motifs is 2. The summed E-state index contributed by atoms with van der Waals surface area (Å²) in [5.41, 5.74) is 8.07. The van der Waals surface area contributed by atoms with E-state index in [4.69, 9.17) is 9.98 Å². The number of nitrogens with one attached hydrogen (secondary N) is 2. The van der Waals surface area contributed by atoms with Crippen molar-refractivity contribution in [2.45, 2.75) is 13.8 Å². The lowest BCUT2D eigenvalue weighted by molar-refractivity contribution is 0.103. The summed E-state index contributed by atoms with van der Waals surface area (Å²) < 4.78 is 0. The molecule has 0 unspecified atom stereocenters. The molecule has 0 radical (unpaired) electrons. The van der Waals surface area contributed by atoms with Crippen LogP contribution in [0.3, 0.4) is 0 Å². The molecule has 6 heteroatoms. The molecule has 0 bridgehead atoms. The summed E-state index contributed by atoms with van der Waals surface area (Å²) in [6.07, 6.45) is 0. The SMILES string of the molecule is CC1=Nc2ccccc2N/C(C)=C(/C(=O)c2ccc3ccc4cccc5ccc2c3c45)C(c2ccccc2)=Nc2ccccc2N/C(c2ccccc2)=C\1C(=O)c1ccc2ccc3cccc4ccc1c2c34. The normalized spacial score (nSPS) is 15.5. The Labute approximate surface area is 415 Å². The number of carbonyl (C=O) groups excluding carboxylic acids is 2. The summed E-state index contributed by atoms with van der Waals surface area (Å²) >= 11 is 0. The second-order valence-electron chi connectivity index (χ2n) is 18.5. The van der Waals surface area contributed by atoms with Gasteiger partial charge in [-0.25, -0.2) is 4.99 Å². The molecular formula is C66H44N4O2. The third-order valence-electron chi connectivity index (χ3n) is 14.2. The topological polar surface area (TPSA) is 82.9 Å². The third kappa shape index (κ3) is 7.03. The lowest BCUT2D eigenvalue weighted by Gasteiger charge is -2.22. The molecule has 0 fully saturated rings. The Morgan fingerprint density at radius 1 is 0.361 bits per heavy atom. The summed E-state index contributed by atoms with van der Waals surface area (Å²) in [5, 5.41) is 20.2. The smallest absolute Gasteiger partial charge is 0.197 e. The lowest BCUT2D eigenvalue weighted by atomic mass is 9.87. The number of hydrogen-bond acceptors (Lipinski definition) is 6. The molecule has 0 saturated carbocycles. The fourth-order valence-electron chi connectivity index (χ4n) is 10.9. The average molecular weight is 925 g/mol. The molecule has 0 amide bonds. The predicted molar refractivity (Wildman–Crippen MR) is 301 cm³/mol. The molecule has 13 rings (SSSR count). The molecule has 0 aliphatic carbocycles. The predicted octanol–water partition coefficient (Wildman–Crippen LogP) is 16.7. The quantitative estimate of drug-likeness (QED) is 0.129. The number of para-hydroxylation sites is 4. The maximum atomic E-state index is 16.0. The minimum atomic E-state index is -0.179. The van der Waals surface area contributed by atoms with Crippen LogP contribution in [0.15, 0.2) is 245 Å². The van der Waals surface area contributed by atoms with Crippen LogP contribution < -0.4 is 10.6 Å². The van der Waals surface area contributed by atoms with Gasteiger partial charge >= 0.3 is 0 Å². The van der Waals surface area contributed by atoms with Gasteiger partial charge in [-0.05, 0) is 120 Å². The Morgan fingerprint density at radius 3 is 1.32 bits per heavy atom. The van der Waals surface area contributed by atoms with Gasteiger partial charge in [0.25, 0.3) is 0 Å². The van der Waals surface area contributed by atoms with Gasteiger partial charge < -0.3 is 10.6 Å². The first-order chi connectivity index (χ1) is 35.4. The first kappa shape index (κ1) is 42.6. The van der Waals surface area contributed by atoms with Crippen molar-refractivity contribution in [1.29, 1.82) is 0 Å². The third-order valence-corrected chi connectivity index (χ3v) is 14.2. The number of ketones is 2. The van der Waals surface area contributed by atoms with E-state index in [-0.39, 0.29) is 11.6 Å². The molecule has 1 aliphatic heterocycles. The van der Waals surface area contributed by atoms with E-state index in [2.05, 4.69) is 108 Å². The molecule has 340 valence electrons. The number of hydrogen-bond donors (Lipinski definition) is 2. The standard InChI is InChI=1S/C66H44N4O2/c1-39-57(65(71)51-37-33-45-29-27-41-19-13-21-43-31-35-49(51)61(45)59(41)43)63(47-15-5-3-6-16-47)69-55-25-11-12-26-56(55)70-64(48-17-7-4-8-18-48)58(40(2)68-54-24-10-9-23-53(54)67-39)66(72)52-38-34-46-30-28-42-20-14-22-44-32-36-50(52)62(46)60(42)44/h3-38,67,70H,1-2H3/b57-39+,64-58+,68-40?,69-63?. The first-order valence-electron chi connectivity index (χ1n) is 24.2. The molecule has 72 heavy (non-hydrogen) atoms. The van der Waals surface area contributed by atoms with Crippen LogP contribution in [0.4, 0.5) is 22.7 Å². The van der Waals surface area contributed by atoms with Gasteiger partial charge in [-0.15, -0.1) is 0 Å². The Morgan fingerprint density at radius 2 is 0.778 bits per heavy atom. The zero-order valence-corrected chi connectivity index (χ0v) is 39.5. The number of carbonyl (C=O) groups is 2. The van der Waals surface area contributed by atoms with Crippen molar-refractivity contribution < 1.29 is 9.59 Å². The molecule has 2 N–H and O–H groups in total. The summed E-state index contributed by atoms with van der Waals surface area (Å²) in [4.78, 5) is 42.9. The molecule has 0 saturated heterocycles. The highest BCUT2D eigenvalue weighted by Gasteiger charge is 2.29. The molecule has 12 aromatic carbocycles. The van der Waals surface area contributed by atoms with Gasteiger partial charge in [0.05, 0.1) is 51.0 Å². The van der Waals surface area contributed by atoms with Crippen LogP contribution in [0.2, 0.25) is 0 Å². The number of benzene rings is 12. The number of aliphatic imine (C=N–C) groups is 2. The van der Waals surface area contributed by atoms with Crippen LogP contribution in [0.1, 0.15) is 45.7 Å². The summed E-state index contributed by atoms with van der Waals surface area (Å²) in [5.74, 6) is -0.359. The Hall–Kier alpha value is -9.52. The summed E-state index contributed by atoms with van der Waals surface area (Å²) in [6.45, 7) is 3.83. The van der Waals surface area contributed by atoms with Gasteiger partial charge in [0.1, 0.15) is 0 Å². The Bertz CT molecular complexity index is 4290.